The second-order valence-electron chi connectivity index (χ2n) is 8.73. The van der Waals surface area contributed by atoms with Crippen molar-refractivity contribution >= 4 is 40.2 Å². The van der Waals surface area contributed by atoms with Crippen LogP contribution in [0.5, 0.6) is 5.75 Å². The third-order valence-electron chi connectivity index (χ3n) is 6.62. The smallest absolute Gasteiger partial charge is 0.420 e. The number of rotatable bonds is 5. The summed E-state index contributed by atoms with van der Waals surface area (Å²) in [5, 5.41) is 2.41. The van der Waals surface area contributed by atoms with Crippen LogP contribution in [0.25, 0.3) is 10.9 Å². The lowest BCUT2D eigenvalue weighted by Crippen LogP contribution is -2.63. The van der Waals surface area contributed by atoms with E-state index in [1.54, 1.807) is 24.3 Å². The average molecular weight is 544 g/mol. The molecular weight excluding hydrogens is 523 g/mol. The molecule has 0 saturated heterocycles. The molecule has 38 heavy (non-hydrogen) atoms. The van der Waals surface area contributed by atoms with Crippen LogP contribution < -0.4 is 15.0 Å². The van der Waals surface area contributed by atoms with Crippen molar-refractivity contribution < 1.29 is 32.2 Å². The highest BCUT2D eigenvalue weighted by Gasteiger charge is 2.62. The van der Waals surface area contributed by atoms with Gasteiger partial charge in [-0.3, -0.25) is 4.90 Å². The fraction of sp³-hybridized carbons (Fsp3) is 0.185. The van der Waals surface area contributed by atoms with Crippen molar-refractivity contribution in [1.29, 1.82) is 0 Å². The van der Waals surface area contributed by atoms with E-state index in [1.165, 1.54) is 61.7 Å². The lowest BCUT2D eigenvalue weighted by molar-refractivity contribution is -0.184. The largest absolute Gasteiger partial charge is 0.497 e. The molecule has 0 aliphatic carbocycles. The van der Waals surface area contributed by atoms with E-state index in [2.05, 4.69) is 10.3 Å². The summed E-state index contributed by atoms with van der Waals surface area (Å²) in [5.41, 5.74) is -2.38. The summed E-state index contributed by atoms with van der Waals surface area (Å²) in [6.07, 6.45) is -3.81. The molecule has 2 N–H and O–H groups in total. The van der Waals surface area contributed by atoms with Crippen LogP contribution >= 0.6 is 11.6 Å². The van der Waals surface area contributed by atoms with Crippen molar-refractivity contribution in [2.45, 2.75) is 18.3 Å². The Hall–Kier alpha value is -4.18. The molecule has 11 heteroatoms. The molecule has 1 atom stereocenters. The highest BCUT2D eigenvalue weighted by atomic mass is 35.5. The molecule has 0 unspecified atom stereocenters. The minimum atomic E-state index is -5.00. The number of amides is 2. The molecule has 0 radical (unpaired) electrons. The molecule has 0 fully saturated rings. The maximum atomic E-state index is 15.2. The summed E-state index contributed by atoms with van der Waals surface area (Å²) in [5.74, 6) is -0.104. The molecule has 3 aromatic carbocycles. The summed E-state index contributed by atoms with van der Waals surface area (Å²) in [4.78, 5) is 29.7. The van der Waals surface area contributed by atoms with Gasteiger partial charge in [-0.05, 0) is 54.1 Å². The average Bonchev–Trinajstić information content (AvgIpc) is 3.33. The second kappa shape index (κ2) is 9.29. The molecule has 196 valence electrons. The number of hydrogen-bond acceptors (Lipinski definition) is 4. The molecule has 2 amide bonds. The number of aromatic nitrogens is 1. The summed E-state index contributed by atoms with van der Waals surface area (Å²) in [7, 11) is 2.70. The Morgan fingerprint density at radius 3 is 2.42 bits per heavy atom. The van der Waals surface area contributed by atoms with Gasteiger partial charge in [0.05, 0.1) is 32.0 Å². The van der Waals surface area contributed by atoms with Gasteiger partial charge in [-0.25, -0.2) is 9.59 Å². The summed E-state index contributed by atoms with van der Waals surface area (Å²) in [6.45, 7) is -0.00122. The Morgan fingerprint density at radius 1 is 1.03 bits per heavy atom. The number of esters is 1. The Labute approximate surface area is 220 Å². The van der Waals surface area contributed by atoms with Gasteiger partial charge in [-0.1, -0.05) is 23.7 Å². The van der Waals surface area contributed by atoms with Crippen LogP contribution in [0, 0.1) is 0 Å². The molecule has 7 nitrogen and oxygen atoms in total. The number of anilines is 1. The van der Waals surface area contributed by atoms with E-state index in [0.29, 0.717) is 16.8 Å². The number of alkyl halides is 3. The first-order valence-electron chi connectivity index (χ1n) is 11.4. The maximum Gasteiger partial charge on any atom is 0.420 e. The van der Waals surface area contributed by atoms with Crippen LogP contribution in [0.15, 0.2) is 66.9 Å². The number of H-pyrrole nitrogens is 1. The SMILES string of the molecule is COC(=O)c1ccc2[nH]cc([C@]3(C(F)(F)F)NC(=O)N(Cc4ccc(OC)cc4)c4ccc(Cl)cc43)c2c1. The molecular formula is C27H21ClF3N3O4. The topological polar surface area (TPSA) is 83.7 Å². The summed E-state index contributed by atoms with van der Waals surface area (Å²) < 4.78 is 55.6. The van der Waals surface area contributed by atoms with Crippen LogP contribution in [0.2, 0.25) is 5.02 Å². The van der Waals surface area contributed by atoms with Gasteiger partial charge in [0.25, 0.3) is 0 Å². The molecule has 1 aromatic heterocycles. The highest BCUT2D eigenvalue weighted by Crippen LogP contribution is 2.52. The molecule has 1 aliphatic heterocycles. The minimum Gasteiger partial charge on any atom is -0.497 e. The Balaban J connectivity index is 1.72. The number of nitrogens with one attached hydrogen (secondary N) is 2. The van der Waals surface area contributed by atoms with Crippen molar-refractivity contribution in [3.63, 3.8) is 0 Å². The van der Waals surface area contributed by atoms with Crippen LogP contribution in [-0.2, 0) is 16.8 Å². The van der Waals surface area contributed by atoms with E-state index in [1.807, 2.05) is 0 Å². The van der Waals surface area contributed by atoms with Gasteiger partial charge in [0, 0.05) is 33.2 Å². The van der Waals surface area contributed by atoms with E-state index in [4.69, 9.17) is 21.1 Å². The lowest BCUT2D eigenvalue weighted by Gasteiger charge is -2.44. The maximum absolute atomic E-state index is 15.2. The van der Waals surface area contributed by atoms with Crippen molar-refractivity contribution in [1.82, 2.24) is 10.3 Å². The predicted molar refractivity (Wildman–Crippen MR) is 136 cm³/mol. The van der Waals surface area contributed by atoms with E-state index < -0.39 is 23.7 Å². The fourth-order valence-corrected chi connectivity index (χ4v) is 4.96. The number of halogens is 4. The molecule has 1 aliphatic rings. The van der Waals surface area contributed by atoms with Crippen LogP contribution in [0.1, 0.15) is 27.0 Å². The van der Waals surface area contributed by atoms with Gasteiger partial charge in [-0.2, -0.15) is 13.2 Å². The predicted octanol–water partition coefficient (Wildman–Crippen LogP) is 6.15. The molecule has 0 saturated carbocycles. The van der Waals surface area contributed by atoms with E-state index in [0.717, 1.165) is 0 Å². The summed E-state index contributed by atoms with van der Waals surface area (Å²) >= 11 is 6.22. The third kappa shape index (κ3) is 4.01. The summed E-state index contributed by atoms with van der Waals surface area (Å²) in [6, 6.07) is 14.2. The number of aromatic amines is 1. The Morgan fingerprint density at radius 2 is 1.76 bits per heavy atom. The highest BCUT2D eigenvalue weighted by molar-refractivity contribution is 6.30. The lowest BCUT2D eigenvalue weighted by atomic mass is 9.79. The molecule has 2 heterocycles. The van der Waals surface area contributed by atoms with Crippen LogP contribution in [0.3, 0.4) is 0 Å². The number of carbonyl (C=O) groups excluding carboxylic acids is 2. The standard InChI is InChI=1S/C27H21ClF3N3O4/c1-37-18-7-3-15(4-8-18)14-34-23-10-6-17(28)12-20(23)26(27(29,30)31,33-25(34)36)21-13-32-22-9-5-16(11-19(21)22)24(35)38-2/h3-13,32H,14H2,1-2H3,(H,33,36)/t26-/m1/s1. The van der Waals surface area contributed by atoms with Gasteiger partial charge < -0.3 is 19.8 Å². The normalized spacial score (nSPS) is 17.2. The molecule has 5 rings (SSSR count). The zero-order valence-corrected chi connectivity index (χ0v) is 20.9. The quantitative estimate of drug-likeness (QED) is 0.296. The Kier molecular flexibility index (Phi) is 6.22. The number of urea groups is 1. The molecule has 0 bridgehead atoms. The fourth-order valence-electron chi connectivity index (χ4n) is 4.78. The number of ether oxygens (including phenoxy) is 2. The van der Waals surface area contributed by atoms with Gasteiger partial charge in [0.2, 0.25) is 0 Å². The van der Waals surface area contributed by atoms with Crippen molar-refractivity contribution in [2.75, 3.05) is 19.1 Å². The van der Waals surface area contributed by atoms with Crippen molar-refractivity contribution in [2.24, 2.45) is 0 Å². The third-order valence-corrected chi connectivity index (χ3v) is 6.86. The number of benzene rings is 3. The van der Waals surface area contributed by atoms with Crippen LogP contribution in [-0.4, -0.2) is 37.4 Å². The van der Waals surface area contributed by atoms with E-state index in [9.17, 15) is 9.59 Å². The van der Waals surface area contributed by atoms with Crippen molar-refractivity contribution in [3.05, 3.63) is 94.1 Å². The molecule has 4 aromatic rings. The van der Waals surface area contributed by atoms with Gasteiger partial charge in [0.1, 0.15) is 5.75 Å². The van der Waals surface area contributed by atoms with Crippen molar-refractivity contribution in [3.8, 4) is 5.75 Å². The number of hydrogen-bond donors (Lipinski definition) is 2. The monoisotopic (exact) mass is 543 g/mol. The van der Waals surface area contributed by atoms with Crippen LogP contribution in [0.4, 0.5) is 23.7 Å². The van der Waals surface area contributed by atoms with Gasteiger partial charge >= 0.3 is 18.2 Å². The first-order valence-corrected chi connectivity index (χ1v) is 11.8. The first-order chi connectivity index (χ1) is 18.1. The van der Waals surface area contributed by atoms with Gasteiger partial charge in [0.15, 0.2) is 5.54 Å². The van der Waals surface area contributed by atoms with Gasteiger partial charge in [-0.15, -0.1) is 0 Å². The zero-order chi connectivity index (χ0) is 27.2. The second-order valence-corrected chi connectivity index (χ2v) is 9.16. The number of carbonyl (C=O) groups is 2. The number of nitrogens with zero attached hydrogens (tertiary/aromatic N) is 1. The zero-order valence-electron chi connectivity index (χ0n) is 20.2. The Bertz CT molecular complexity index is 1550. The number of methoxy groups -OCH3 is 2. The minimum absolute atomic E-state index is 0.00122. The number of fused-ring (bicyclic) bond motifs is 2. The van der Waals surface area contributed by atoms with E-state index in [-0.39, 0.29) is 39.3 Å². The first kappa shape index (κ1) is 25.5. The molecule has 0 spiro atoms. The van der Waals surface area contributed by atoms with E-state index >= 15 is 13.2 Å².